The first kappa shape index (κ1) is 14.9. The van der Waals surface area contributed by atoms with E-state index in [1.165, 1.54) is 12.1 Å². The fraction of sp³-hybridized carbons (Fsp3) is 0.571. The first-order chi connectivity index (χ1) is 9.11. The van der Waals surface area contributed by atoms with E-state index in [0.717, 1.165) is 19.4 Å². The zero-order chi connectivity index (χ0) is 13.8. The van der Waals surface area contributed by atoms with Crippen molar-refractivity contribution >= 4 is 15.9 Å². The minimum absolute atomic E-state index is 0.134. The van der Waals surface area contributed by atoms with Crippen LogP contribution < -0.4 is 5.32 Å². The Morgan fingerprint density at radius 2 is 2.21 bits per heavy atom. The third-order valence-electron chi connectivity index (χ3n) is 3.39. The van der Waals surface area contributed by atoms with Crippen LogP contribution in [-0.4, -0.2) is 19.3 Å². The van der Waals surface area contributed by atoms with E-state index in [2.05, 4.69) is 21.2 Å². The molecule has 2 nitrogen and oxygen atoms in total. The normalized spacial score (nSPS) is 20.7. The molecule has 2 unspecified atom stereocenters. The Morgan fingerprint density at radius 1 is 1.42 bits per heavy atom. The van der Waals surface area contributed by atoms with E-state index in [1.807, 2.05) is 6.92 Å². The van der Waals surface area contributed by atoms with Crippen molar-refractivity contribution in [3.8, 4) is 0 Å². The van der Waals surface area contributed by atoms with Gasteiger partial charge in [-0.2, -0.15) is 0 Å². The number of halogens is 3. The van der Waals surface area contributed by atoms with Crippen LogP contribution in [0.1, 0.15) is 37.8 Å². The molecule has 2 atom stereocenters. The first-order valence-electron chi connectivity index (χ1n) is 6.61. The second-order valence-electron chi connectivity index (χ2n) is 4.77. The highest BCUT2D eigenvalue weighted by molar-refractivity contribution is 9.10. The monoisotopic (exact) mass is 333 g/mol. The van der Waals surface area contributed by atoms with Gasteiger partial charge in [-0.1, -0.05) is 6.92 Å². The summed E-state index contributed by atoms with van der Waals surface area (Å²) in [7, 11) is 0. The number of hydrogen-bond donors (Lipinski definition) is 1. The van der Waals surface area contributed by atoms with Crippen molar-refractivity contribution < 1.29 is 13.5 Å². The van der Waals surface area contributed by atoms with Gasteiger partial charge in [0.15, 0.2) is 0 Å². The molecule has 2 rings (SSSR count). The Kier molecular flexibility index (Phi) is 5.30. The van der Waals surface area contributed by atoms with E-state index >= 15 is 0 Å². The molecule has 1 aliphatic heterocycles. The Labute approximate surface area is 120 Å². The van der Waals surface area contributed by atoms with Crippen LogP contribution in [0.15, 0.2) is 16.6 Å². The quantitative estimate of drug-likeness (QED) is 0.824. The molecule has 0 amide bonds. The van der Waals surface area contributed by atoms with Crippen LogP contribution in [0.25, 0.3) is 0 Å². The van der Waals surface area contributed by atoms with Crippen LogP contribution in [0.4, 0.5) is 8.78 Å². The third-order valence-corrected chi connectivity index (χ3v) is 4.00. The molecule has 1 saturated heterocycles. The van der Waals surface area contributed by atoms with Gasteiger partial charge in [0.05, 0.1) is 10.6 Å². The molecule has 1 aliphatic rings. The molecule has 0 radical (unpaired) electrons. The Hall–Kier alpha value is -0.520. The van der Waals surface area contributed by atoms with Gasteiger partial charge in [0, 0.05) is 18.2 Å². The number of ether oxygens (including phenoxy) is 1. The van der Waals surface area contributed by atoms with Gasteiger partial charge in [0.25, 0.3) is 0 Å². The summed E-state index contributed by atoms with van der Waals surface area (Å²) >= 11 is 3.00. The topological polar surface area (TPSA) is 21.3 Å². The summed E-state index contributed by atoms with van der Waals surface area (Å²) < 4.78 is 33.3. The predicted octanol–water partition coefficient (Wildman–Crippen LogP) is 3.95. The highest BCUT2D eigenvalue weighted by atomic mass is 79.9. The Morgan fingerprint density at radius 3 is 2.84 bits per heavy atom. The minimum atomic E-state index is -0.438. The predicted molar refractivity (Wildman–Crippen MR) is 74.1 cm³/mol. The summed E-state index contributed by atoms with van der Waals surface area (Å²) in [5.74, 6) is -0.830. The van der Waals surface area contributed by atoms with Crippen LogP contribution in [-0.2, 0) is 4.74 Å². The smallest absolute Gasteiger partial charge is 0.137 e. The molecular formula is C14H18BrF2NO. The number of rotatable bonds is 5. The SMILES string of the molecule is CCNC(CC1CCCO1)c1cc(F)c(Br)cc1F. The lowest BCUT2D eigenvalue weighted by molar-refractivity contribution is 0.0943. The van der Waals surface area contributed by atoms with Crippen molar-refractivity contribution in [2.24, 2.45) is 0 Å². The first-order valence-corrected chi connectivity index (χ1v) is 7.40. The van der Waals surface area contributed by atoms with Crippen molar-refractivity contribution in [2.75, 3.05) is 13.2 Å². The molecule has 5 heteroatoms. The van der Waals surface area contributed by atoms with Crippen LogP contribution in [0.2, 0.25) is 0 Å². The summed E-state index contributed by atoms with van der Waals surface area (Å²) in [6.07, 6.45) is 2.84. The largest absolute Gasteiger partial charge is 0.378 e. The van der Waals surface area contributed by atoms with E-state index in [9.17, 15) is 8.78 Å². The summed E-state index contributed by atoms with van der Waals surface area (Å²) in [4.78, 5) is 0. The minimum Gasteiger partial charge on any atom is -0.378 e. The van der Waals surface area contributed by atoms with Gasteiger partial charge in [0.1, 0.15) is 11.6 Å². The molecule has 0 aliphatic carbocycles. The molecule has 0 bridgehead atoms. The molecule has 19 heavy (non-hydrogen) atoms. The molecule has 1 fully saturated rings. The fourth-order valence-electron chi connectivity index (χ4n) is 2.46. The van der Waals surface area contributed by atoms with E-state index in [0.29, 0.717) is 18.5 Å². The average molecular weight is 334 g/mol. The second kappa shape index (κ2) is 6.77. The van der Waals surface area contributed by atoms with E-state index in [4.69, 9.17) is 4.74 Å². The summed E-state index contributed by atoms with van der Waals surface area (Å²) in [5.41, 5.74) is 0.373. The summed E-state index contributed by atoms with van der Waals surface area (Å²) in [6.45, 7) is 3.42. The fourth-order valence-corrected chi connectivity index (χ4v) is 2.78. The van der Waals surface area contributed by atoms with Gasteiger partial charge in [-0.3, -0.25) is 0 Å². The van der Waals surface area contributed by atoms with E-state index in [-0.39, 0.29) is 16.6 Å². The van der Waals surface area contributed by atoms with Crippen LogP contribution in [0.5, 0.6) is 0 Å². The van der Waals surface area contributed by atoms with Gasteiger partial charge in [-0.05, 0) is 53.9 Å². The molecule has 0 aromatic heterocycles. The van der Waals surface area contributed by atoms with Crippen molar-refractivity contribution in [3.05, 3.63) is 33.8 Å². The average Bonchev–Trinajstić information content (AvgIpc) is 2.86. The third kappa shape index (κ3) is 3.74. The maximum absolute atomic E-state index is 14.0. The molecule has 0 spiro atoms. The van der Waals surface area contributed by atoms with Gasteiger partial charge >= 0.3 is 0 Å². The highest BCUT2D eigenvalue weighted by Crippen LogP contribution is 2.29. The summed E-state index contributed by atoms with van der Waals surface area (Å²) in [6, 6.07) is 2.24. The lowest BCUT2D eigenvalue weighted by Crippen LogP contribution is -2.26. The lowest BCUT2D eigenvalue weighted by atomic mass is 9.98. The van der Waals surface area contributed by atoms with Gasteiger partial charge in [-0.15, -0.1) is 0 Å². The zero-order valence-electron chi connectivity index (χ0n) is 10.9. The zero-order valence-corrected chi connectivity index (χ0v) is 12.5. The number of hydrogen-bond acceptors (Lipinski definition) is 2. The molecule has 106 valence electrons. The van der Waals surface area contributed by atoms with Crippen LogP contribution in [0.3, 0.4) is 0 Å². The van der Waals surface area contributed by atoms with E-state index in [1.54, 1.807) is 0 Å². The molecule has 1 aromatic carbocycles. The molecule has 1 N–H and O–H groups in total. The number of nitrogens with one attached hydrogen (secondary N) is 1. The lowest BCUT2D eigenvalue weighted by Gasteiger charge is -2.22. The van der Waals surface area contributed by atoms with Crippen LogP contribution in [0, 0.1) is 11.6 Å². The highest BCUT2D eigenvalue weighted by Gasteiger charge is 2.24. The van der Waals surface area contributed by atoms with Crippen LogP contribution >= 0.6 is 15.9 Å². The Balaban J connectivity index is 2.19. The molecule has 1 aromatic rings. The molecular weight excluding hydrogens is 316 g/mol. The molecule has 0 saturated carbocycles. The standard InChI is InChI=1S/C14H18BrF2NO/c1-2-18-14(6-9-4-3-5-19-9)10-7-13(17)11(15)8-12(10)16/h7-9,14,18H,2-6H2,1H3. The summed E-state index contributed by atoms with van der Waals surface area (Å²) in [5, 5.41) is 3.21. The van der Waals surface area contributed by atoms with Crippen molar-refractivity contribution in [1.82, 2.24) is 5.32 Å². The van der Waals surface area contributed by atoms with Gasteiger partial charge in [-0.25, -0.2) is 8.78 Å². The maximum Gasteiger partial charge on any atom is 0.137 e. The van der Waals surface area contributed by atoms with Crippen molar-refractivity contribution in [3.63, 3.8) is 0 Å². The van der Waals surface area contributed by atoms with E-state index < -0.39 is 11.6 Å². The van der Waals surface area contributed by atoms with Crippen molar-refractivity contribution in [2.45, 2.75) is 38.3 Å². The Bertz CT molecular complexity index is 436. The number of benzene rings is 1. The maximum atomic E-state index is 14.0. The van der Waals surface area contributed by atoms with Gasteiger partial charge < -0.3 is 10.1 Å². The van der Waals surface area contributed by atoms with Gasteiger partial charge in [0.2, 0.25) is 0 Å². The second-order valence-corrected chi connectivity index (χ2v) is 5.62. The molecule has 1 heterocycles. The van der Waals surface area contributed by atoms with Crippen molar-refractivity contribution in [1.29, 1.82) is 0 Å².